The number of amides is 2. The predicted molar refractivity (Wildman–Crippen MR) is 90.0 cm³/mol. The van der Waals surface area contributed by atoms with Crippen molar-refractivity contribution in [3.63, 3.8) is 0 Å². The quantitative estimate of drug-likeness (QED) is 0.455. The number of alkyl carbamates (subject to hydrolysis) is 1. The first-order chi connectivity index (χ1) is 11.6. The lowest BCUT2D eigenvalue weighted by molar-refractivity contribution is -0.122. The summed E-state index contributed by atoms with van der Waals surface area (Å²) in [7, 11) is 0. The Kier molecular flexibility index (Phi) is 4.48. The minimum Gasteiger partial charge on any atom is -0.449 e. The van der Waals surface area contributed by atoms with Crippen molar-refractivity contribution in [1.82, 2.24) is 10.7 Å². The molecule has 1 aliphatic rings. The Morgan fingerprint density at radius 2 is 1.62 bits per heavy atom. The second-order valence-corrected chi connectivity index (χ2v) is 5.70. The van der Waals surface area contributed by atoms with Crippen LogP contribution < -0.4 is 16.6 Å². The summed E-state index contributed by atoms with van der Waals surface area (Å²) in [6, 6.07) is 15.4. The van der Waals surface area contributed by atoms with Crippen molar-refractivity contribution in [3.8, 4) is 11.1 Å². The van der Waals surface area contributed by atoms with Gasteiger partial charge < -0.3 is 10.1 Å². The topological polar surface area (TPSA) is 93.4 Å². The van der Waals surface area contributed by atoms with E-state index in [9.17, 15) is 9.59 Å². The van der Waals surface area contributed by atoms with Gasteiger partial charge in [-0.05, 0) is 29.2 Å². The fourth-order valence-corrected chi connectivity index (χ4v) is 3.01. The fraction of sp³-hybridized carbons (Fsp3) is 0.222. The summed E-state index contributed by atoms with van der Waals surface area (Å²) < 4.78 is 5.33. The molecule has 0 spiro atoms. The molecule has 0 unspecified atom stereocenters. The van der Waals surface area contributed by atoms with Gasteiger partial charge in [0.05, 0.1) is 0 Å². The lowest BCUT2D eigenvalue weighted by Gasteiger charge is -2.16. The Bertz CT molecular complexity index is 730. The van der Waals surface area contributed by atoms with Gasteiger partial charge in [0.2, 0.25) is 0 Å². The second-order valence-electron chi connectivity index (χ2n) is 5.70. The van der Waals surface area contributed by atoms with Crippen molar-refractivity contribution in [2.75, 3.05) is 6.61 Å². The van der Waals surface area contributed by atoms with Gasteiger partial charge in [-0.15, -0.1) is 0 Å². The summed E-state index contributed by atoms with van der Waals surface area (Å²) >= 11 is 0. The van der Waals surface area contributed by atoms with Crippen LogP contribution in [0.4, 0.5) is 4.79 Å². The van der Waals surface area contributed by atoms with Crippen LogP contribution in [0.2, 0.25) is 0 Å². The van der Waals surface area contributed by atoms with Crippen LogP contribution in [-0.2, 0) is 9.53 Å². The number of fused-ring (bicyclic) bond motifs is 3. The zero-order valence-corrected chi connectivity index (χ0v) is 13.3. The number of benzene rings is 2. The second kappa shape index (κ2) is 6.72. The Hall–Kier alpha value is -2.86. The van der Waals surface area contributed by atoms with E-state index in [1.807, 2.05) is 41.8 Å². The molecule has 0 saturated heterocycles. The number of nitrogens with two attached hydrogens (primary N) is 1. The number of hydrogen-bond acceptors (Lipinski definition) is 4. The molecule has 6 heteroatoms. The highest BCUT2D eigenvalue weighted by molar-refractivity contribution is 5.84. The van der Waals surface area contributed by atoms with Crippen LogP contribution in [-0.4, -0.2) is 24.6 Å². The normalized spacial score (nSPS) is 13.6. The van der Waals surface area contributed by atoms with Crippen LogP contribution in [0, 0.1) is 0 Å². The van der Waals surface area contributed by atoms with Gasteiger partial charge in [0.25, 0.3) is 5.91 Å². The van der Waals surface area contributed by atoms with Gasteiger partial charge in [-0.25, -0.2) is 10.6 Å². The Labute approximate surface area is 140 Å². The summed E-state index contributed by atoms with van der Waals surface area (Å²) in [5.74, 6) is 4.54. The van der Waals surface area contributed by atoms with Crippen molar-refractivity contribution < 1.29 is 14.3 Å². The largest absolute Gasteiger partial charge is 0.449 e. The molecule has 0 bridgehead atoms. The number of ether oxygens (including phenoxy) is 1. The first kappa shape index (κ1) is 16.0. The van der Waals surface area contributed by atoms with Gasteiger partial charge >= 0.3 is 6.09 Å². The van der Waals surface area contributed by atoms with Gasteiger partial charge in [-0.3, -0.25) is 10.2 Å². The fourth-order valence-electron chi connectivity index (χ4n) is 3.01. The summed E-state index contributed by atoms with van der Waals surface area (Å²) in [4.78, 5) is 23.2. The zero-order valence-electron chi connectivity index (χ0n) is 13.3. The highest BCUT2D eigenvalue weighted by Crippen LogP contribution is 2.44. The van der Waals surface area contributed by atoms with E-state index in [1.54, 1.807) is 0 Å². The van der Waals surface area contributed by atoms with E-state index in [4.69, 9.17) is 10.6 Å². The Balaban J connectivity index is 1.72. The first-order valence-electron chi connectivity index (χ1n) is 7.73. The number of carbonyl (C=O) groups excluding carboxylic acids is 2. The molecule has 0 heterocycles. The minimum atomic E-state index is -0.759. The summed E-state index contributed by atoms with van der Waals surface area (Å²) in [5, 5.41) is 2.45. The number of hydrogen-bond donors (Lipinski definition) is 3. The molecule has 0 aromatic heterocycles. The van der Waals surface area contributed by atoms with Crippen LogP contribution in [0.15, 0.2) is 48.5 Å². The maximum absolute atomic E-state index is 11.9. The summed E-state index contributed by atoms with van der Waals surface area (Å²) in [5.41, 5.74) is 6.59. The molecule has 2 aromatic rings. The van der Waals surface area contributed by atoms with Crippen molar-refractivity contribution in [1.29, 1.82) is 0 Å². The number of rotatable bonds is 4. The molecule has 124 valence electrons. The molecular formula is C18H19N3O3. The lowest BCUT2D eigenvalue weighted by Crippen LogP contribution is -2.47. The van der Waals surface area contributed by atoms with E-state index >= 15 is 0 Å². The van der Waals surface area contributed by atoms with E-state index in [-0.39, 0.29) is 12.5 Å². The SMILES string of the molecule is C[C@H](NC(=O)OCC1c2ccccc2-c2ccccc21)C(=O)NN. The number of nitrogens with one attached hydrogen (secondary N) is 2. The average molecular weight is 325 g/mol. The van der Waals surface area contributed by atoms with Crippen LogP contribution in [0.5, 0.6) is 0 Å². The molecule has 0 fully saturated rings. The van der Waals surface area contributed by atoms with Crippen LogP contribution in [0.3, 0.4) is 0 Å². The molecule has 6 nitrogen and oxygen atoms in total. The van der Waals surface area contributed by atoms with E-state index < -0.39 is 18.0 Å². The highest BCUT2D eigenvalue weighted by Gasteiger charge is 2.29. The highest BCUT2D eigenvalue weighted by atomic mass is 16.5. The maximum Gasteiger partial charge on any atom is 0.407 e. The van der Waals surface area contributed by atoms with Gasteiger partial charge in [-0.2, -0.15) is 0 Å². The molecule has 0 aliphatic heterocycles. The van der Waals surface area contributed by atoms with Crippen LogP contribution in [0.1, 0.15) is 24.0 Å². The van der Waals surface area contributed by atoms with Crippen LogP contribution >= 0.6 is 0 Å². The predicted octanol–water partition coefficient (Wildman–Crippen LogP) is 1.90. The molecule has 1 aliphatic carbocycles. The van der Waals surface area contributed by atoms with E-state index in [0.29, 0.717) is 0 Å². The number of carbonyl (C=O) groups is 2. The van der Waals surface area contributed by atoms with E-state index in [1.165, 1.54) is 6.92 Å². The third-order valence-electron chi connectivity index (χ3n) is 4.21. The maximum atomic E-state index is 11.9. The van der Waals surface area contributed by atoms with Crippen molar-refractivity contribution >= 4 is 12.0 Å². The van der Waals surface area contributed by atoms with E-state index in [2.05, 4.69) is 17.4 Å². The molecule has 24 heavy (non-hydrogen) atoms. The Morgan fingerprint density at radius 1 is 1.08 bits per heavy atom. The van der Waals surface area contributed by atoms with Crippen molar-refractivity contribution in [2.24, 2.45) is 5.84 Å². The van der Waals surface area contributed by atoms with Gasteiger partial charge in [0.1, 0.15) is 12.6 Å². The van der Waals surface area contributed by atoms with Gasteiger partial charge in [0.15, 0.2) is 0 Å². The molecular weight excluding hydrogens is 306 g/mol. The van der Waals surface area contributed by atoms with Crippen LogP contribution in [0.25, 0.3) is 11.1 Å². The molecule has 0 radical (unpaired) electrons. The number of hydrazine groups is 1. The van der Waals surface area contributed by atoms with Gasteiger partial charge in [-0.1, -0.05) is 48.5 Å². The third-order valence-corrected chi connectivity index (χ3v) is 4.21. The van der Waals surface area contributed by atoms with E-state index in [0.717, 1.165) is 22.3 Å². The molecule has 3 rings (SSSR count). The minimum absolute atomic E-state index is 0.0122. The van der Waals surface area contributed by atoms with Crippen molar-refractivity contribution in [3.05, 3.63) is 59.7 Å². The Morgan fingerprint density at radius 3 is 2.17 bits per heavy atom. The smallest absolute Gasteiger partial charge is 0.407 e. The molecule has 2 aromatic carbocycles. The third kappa shape index (κ3) is 2.96. The molecule has 4 N–H and O–H groups in total. The first-order valence-corrected chi connectivity index (χ1v) is 7.73. The standard InChI is InChI=1S/C18H19N3O3/c1-11(17(22)21-19)20-18(23)24-10-16-14-8-4-2-6-12(14)13-7-3-5-9-15(13)16/h2-9,11,16H,10,19H2,1H3,(H,20,23)(H,21,22)/t11-/m0/s1. The molecule has 1 atom stereocenters. The summed E-state index contributed by atoms with van der Waals surface area (Å²) in [6.07, 6.45) is -0.645. The summed E-state index contributed by atoms with van der Waals surface area (Å²) in [6.45, 7) is 1.74. The van der Waals surface area contributed by atoms with Gasteiger partial charge in [0, 0.05) is 5.92 Å². The van der Waals surface area contributed by atoms with Crippen molar-refractivity contribution in [2.45, 2.75) is 18.9 Å². The molecule has 0 saturated carbocycles. The lowest BCUT2D eigenvalue weighted by atomic mass is 9.98. The molecule has 2 amide bonds. The zero-order chi connectivity index (χ0) is 17.1. The average Bonchev–Trinajstić information content (AvgIpc) is 2.93. The monoisotopic (exact) mass is 325 g/mol.